The molecule has 0 bridgehead atoms. The van der Waals surface area contributed by atoms with Gasteiger partial charge in [0.1, 0.15) is 18.0 Å². The van der Waals surface area contributed by atoms with Crippen molar-refractivity contribution in [2.24, 2.45) is 0 Å². The zero-order valence-electron chi connectivity index (χ0n) is 23.7. The number of hydrogen-bond donors (Lipinski definition) is 2. The largest absolute Gasteiger partial charge is 0.491 e. The van der Waals surface area contributed by atoms with E-state index in [1.807, 2.05) is 26.8 Å². The van der Waals surface area contributed by atoms with E-state index in [1.54, 1.807) is 22.6 Å². The third-order valence-electron chi connectivity index (χ3n) is 6.98. The summed E-state index contributed by atoms with van der Waals surface area (Å²) in [6, 6.07) is 12.3. The minimum absolute atomic E-state index is 0.215. The van der Waals surface area contributed by atoms with E-state index < -0.39 is 5.60 Å². The van der Waals surface area contributed by atoms with Crippen LogP contribution in [0.5, 0.6) is 5.75 Å². The number of carbonyl (C=O) groups excluding carboxylic acids is 1. The zero-order chi connectivity index (χ0) is 28.2. The van der Waals surface area contributed by atoms with E-state index in [1.165, 1.54) is 5.56 Å². The third-order valence-corrected chi connectivity index (χ3v) is 6.98. The Kier molecular flexibility index (Phi) is 8.87. The molecule has 0 aliphatic carbocycles. The van der Waals surface area contributed by atoms with E-state index in [2.05, 4.69) is 41.2 Å². The number of aromatic amines is 1. The summed E-state index contributed by atoms with van der Waals surface area (Å²) in [5, 5.41) is 0. The molecule has 0 spiro atoms. The number of benzene rings is 2. The smallest absolute Gasteiger partial charge is 0.410 e. The van der Waals surface area contributed by atoms with E-state index in [0.717, 1.165) is 24.9 Å². The van der Waals surface area contributed by atoms with Crippen molar-refractivity contribution in [3.8, 4) is 5.75 Å². The van der Waals surface area contributed by atoms with E-state index in [0.29, 0.717) is 61.4 Å². The van der Waals surface area contributed by atoms with Crippen LogP contribution in [0.3, 0.4) is 0 Å². The summed E-state index contributed by atoms with van der Waals surface area (Å²) in [5.74, 6) is 0.597. The molecule has 10 nitrogen and oxygen atoms in total. The van der Waals surface area contributed by atoms with Gasteiger partial charge in [-0.15, -0.1) is 0 Å². The number of hydrogen-bond acceptors (Lipinski definition) is 7. The minimum atomic E-state index is -0.479. The number of piperidine rings is 1. The van der Waals surface area contributed by atoms with Crippen LogP contribution >= 0.6 is 0 Å². The van der Waals surface area contributed by atoms with Crippen LogP contribution in [0.25, 0.3) is 11.0 Å². The fourth-order valence-corrected chi connectivity index (χ4v) is 4.90. The van der Waals surface area contributed by atoms with Gasteiger partial charge >= 0.3 is 11.8 Å². The number of aromatic nitrogens is 2. The van der Waals surface area contributed by atoms with Gasteiger partial charge in [-0.05, 0) is 51.8 Å². The molecule has 10 heteroatoms. The number of likely N-dealkylation sites (tertiary alicyclic amines) is 1. The molecule has 0 unspecified atom stereocenters. The van der Waals surface area contributed by atoms with Gasteiger partial charge in [0.25, 0.3) is 0 Å². The first kappa shape index (κ1) is 28.5. The first-order valence-corrected chi connectivity index (χ1v) is 13.4. The lowest BCUT2D eigenvalue weighted by atomic mass is 10.0. The highest BCUT2D eigenvalue weighted by molar-refractivity contribution is 5.88. The normalized spacial score (nSPS) is 14.8. The first-order chi connectivity index (χ1) is 18.5. The van der Waals surface area contributed by atoms with Gasteiger partial charge in [0.2, 0.25) is 0 Å². The molecular weight excluding hydrogens is 498 g/mol. The lowest BCUT2D eigenvalue weighted by Crippen LogP contribution is -2.46. The molecule has 3 N–H and O–H groups in total. The van der Waals surface area contributed by atoms with E-state index in [9.17, 15) is 9.59 Å². The van der Waals surface area contributed by atoms with Crippen molar-refractivity contribution in [3.05, 3.63) is 58.0 Å². The Hall–Kier alpha value is -3.50. The average molecular weight is 540 g/mol. The highest BCUT2D eigenvalue weighted by Gasteiger charge is 2.28. The van der Waals surface area contributed by atoms with Crippen LogP contribution in [0.4, 0.5) is 10.5 Å². The number of nitrogens with zero attached hydrogens (tertiary/aromatic N) is 3. The summed E-state index contributed by atoms with van der Waals surface area (Å²) in [7, 11) is 3.75. The molecule has 4 rings (SSSR count). The molecule has 0 atom stereocenters. The maximum atomic E-state index is 12.7. The van der Waals surface area contributed by atoms with Gasteiger partial charge < -0.3 is 29.8 Å². The Balaban J connectivity index is 1.36. The van der Waals surface area contributed by atoms with Crippen LogP contribution in [-0.4, -0.2) is 77.5 Å². The zero-order valence-corrected chi connectivity index (χ0v) is 23.7. The van der Waals surface area contributed by atoms with Crippen LogP contribution < -0.4 is 16.2 Å². The highest BCUT2D eigenvalue weighted by atomic mass is 16.6. The second kappa shape index (κ2) is 12.1. The van der Waals surface area contributed by atoms with Gasteiger partial charge in [-0.1, -0.05) is 24.3 Å². The van der Waals surface area contributed by atoms with Crippen molar-refractivity contribution in [3.63, 3.8) is 0 Å². The molecule has 1 aromatic heterocycles. The highest BCUT2D eigenvalue weighted by Crippen LogP contribution is 2.26. The third kappa shape index (κ3) is 7.33. The Bertz CT molecular complexity index is 1320. The van der Waals surface area contributed by atoms with Crippen LogP contribution in [0.2, 0.25) is 0 Å². The van der Waals surface area contributed by atoms with E-state index in [-0.39, 0.29) is 11.8 Å². The van der Waals surface area contributed by atoms with Crippen molar-refractivity contribution < 1.29 is 19.0 Å². The Morgan fingerprint density at radius 2 is 1.77 bits per heavy atom. The molecule has 212 valence electrons. The van der Waals surface area contributed by atoms with Crippen molar-refractivity contribution in [1.82, 2.24) is 19.4 Å². The molecule has 1 amide bonds. The van der Waals surface area contributed by atoms with Gasteiger partial charge in [0, 0.05) is 44.9 Å². The Morgan fingerprint density at radius 1 is 1.10 bits per heavy atom. The number of carbonyl (C=O) groups is 1. The van der Waals surface area contributed by atoms with Gasteiger partial charge in [-0.3, -0.25) is 9.47 Å². The Morgan fingerprint density at radius 3 is 2.41 bits per heavy atom. The van der Waals surface area contributed by atoms with Crippen molar-refractivity contribution >= 4 is 22.8 Å². The van der Waals surface area contributed by atoms with E-state index in [4.69, 9.17) is 19.9 Å². The van der Waals surface area contributed by atoms with Crippen LogP contribution in [0, 0.1) is 0 Å². The summed E-state index contributed by atoms with van der Waals surface area (Å²) in [4.78, 5) is 32.1. The predicted octanol–water partition coefficient (Wildman–Crippen LogP) is 3.82. The molecule has 0 saturated carbocycles. The summed E-state index contributed by atoms with van der Waals surface area (Å²) in [5.41, 5.74) is 9.47. The second-order valence-electron chi connectivity index (χ2n) is 11.2. The standard InChI is InChI=1S/C29H41N5O5/c1-29(2,3)39-28(36)33-12-10-22(11-13-33)32(4)18-20-6-8-21(9-7-20)19-34-25-17-23(38-15-14-37-5)16-24(30)26(25)31-27(34)35/h6-9,16-17,22H,10-15,18-19,30H2,1-5H3,(H,31,35). The van der Waals surface area contributed by atoms with Crippen LogP contribution in [-0.2, 0) is 22.6 Å². The lowest BCUT2D eigenvalue weighted by Gasteiger charge is -2.37. The quantitative estimate of drug-likeness (QED) is 0.314. The van der Waals surface area contributed by atoms with Crippen molar-refractivity contribution in [2.45, 2.75) is 58.3 Å². The number of rotatable bonds is 9. The summed E-state index contributed by atoms with van der Waals surface area (Å²) >= 11 is 0. The van der Waals surface area contributed by atoms with Gasteiger partial charge in [0.05, 0.1) is 29.9 Å². The average Bonchev–Trinajstić information content (AvgIpc) is 3.20. The molecule has 39 heavy (non-hydrogen) atoms. The van der Waals surface area contributed by atoms with E-state index >= 15 is 0 Å². The molecule has 0 radical (unpaired) electrons. The number of ether oxygens (including phenoxy) is 3. The fraction of sp³-hybridized carbons (Fsp3) is 0.517. The molecule has 2 aromatic carbocycles. The number of nitrogens with one attached hydrogen (secondary N) is 1. The maximum absolute atomic E-state index is 12.7. The fourth-order valence-electron chi connectivity index (χ4n) is 4.90. The molecule has 1 aliphatic rings. The molecular formula is C29H41N5O5. The predicted molar refractivity (Wildman–Crippen MR) is 152 cm³/mol. The number of imidazole rings is 1. The van der Waals surface area contributed by atoms with Crippen molar-refractivity contribution in [1.29, 1.82) is 0 Å². The molecule has 2 heterocycles. The molecule has 3 aromatic rings. The number of H-pyrrole nitrogens is 1. The number of nitrogen functional groups attached to an aromatic ring is 1. The van der Waals surface area contributed by atoms with Gasteiger partial charge in [0.15, 0.2) is 0 Å². The molecule has 1 saturated heterocycles. The summed E-state index contributed by atoms with van der Waals surface area (Å²) in [6.07, 6.45) is 1.60. The number of methoxy groups -OCH3 is 1. The Labute approximate surface area is 229 Å². The maximum Gasteiger partial charge on any atom is 0.410 e. The second-order valence-corrected chi connectivity index (χ2v) is 11.2. The summed E-state index contributed by atoms with van der Waals surface area (Å²) in [6.45, 7) is 9.16. The SMILES string of the molecule is COCCOc1cc(N)c2[nH]c(=O)n(Cc3ccc(CN(C)C4CCN(C(=O)OC(C)(C)C)CC4)cc3)c2c1. The van der Waals surface area contributed by atoms with Crippen LogP contribution in [0.15, 0.2) is 41.2 Å². The number of anilines is 1. The van der Waals surface area contributed by atoms with Gasteiger partial charge in [-0.2, -0.15) is 0 Å². The minimum Gasteiger partial charge on any atom is -0.491 e. The van der Waals surface area contributed by atoms with Crippen LogP contribution in [0.1, 0.15) is 44.7 Å². The summed E-state index contributed by atoms with van der Waals surface area (Å²) < 4.78 is 18.0. The number of amides is 1. The number of nitrogens with two attached hydrogens (primary N) is 1. The topological polar surface area (TPSA) is 115 Å². The van der Waals surface area contributed by atoms with Gasteiger partial charge in [-0.25, -0.2) is 9.59 Å². The van der Waals surface area contributed by atoms with Crippen molar-refractivity contribution in [2.75, 3.05) is 46.2 Å². The monoisotopic (exact) mass is 539 g/mol. The first-order valence-electron chi connectivity index (χ1n) is 13.4. The molecule has 1 fully saturated rings. The lowest BCUT2D eigenvalue weighted by molar-refractivity contribution is 0.0153. The molecule has 1 aliphatic heterocycles. The number of fused-ring (bicyclic) bond motifs is 1.